The highest BCUT2D eigenvalue weighted by Gasteiger charge is 2.33. The zero-order valence-corrected chi connectivity index (χ0v) is 8.88. The van der Waals surface area contributed by atoms with Gasteiger partial charge in [-0.15, -0.1) is 0 Å². The van der Waals surface area contributed by atoms with Gasteiger partial charge in [-0.2, -0.15) is 0 Å². The zero-order chi connectivity index (χ0) is 9.97. The Labute approximate surface area is 85.6 Å². The highest BCUT2D eigenvalue weighted by Crippen LogP contribution is 2.36. The lowest BCUT2D eigenvalue weighted by Gasteiger charge is -2.25. The molecular weight excluding hydrogens is 176 g/mol. The standard InChI is InChI=1S/C11H20N2O/c1-8(9-4-5-9)11(14)13-10-3-2-6-12-7-10/h8-10,12H,2-7H2,1H3,(H,13,14). The predicted octanol–water partition coefficient (Wildman–Crippen LogP) is 0.901. The molecule has 2 fully saturated rings. The number of nitrogens with one attached hydrogen (secondary N) is 2. The van der Waals surface area contributed by atoms with Crippen LogP contribution in [-0.2, 0) is 4.79 Å². The molecule has 1 saturated heterocycles. The number of carbonyl (C=O) groups excluding carboxylic acids is 1. The van der Waals surface area contributed by atoms with Crippen LogP contribution in [0.4, 0.5) is 0 Å². The molecule has 3 heteroatoms. The first-order valence-corrected chi connectivity index (χ1v) is 5.78. The third-order valence-corrected chi connectivity index (χ3v) is 3.39. The van der Waals surface area contributed by atoms with Crippen molar-refractivity contribution >= 4 is 5.91 Å². The summed E-state index contributed by atoms with van der Waals surface area (Å²) in [5.74, 6) is 1.17. The van der Waals surface area contributed by atoms with Crippen LogP contribution in [0.15, 0.2) is 0 Å². The lowest BCUT2D eigenvalue weighted by molar-refractivity contribution is -0.125. The van der Waals surface area contributed by atoms with Crippen molar-refractivity contribution < 1.29 is 4.79 Å². The number of rotatable bonds is 3. The van der Waals surface area contributed by atoms with E-state index in [4.69, 9.17) is 0 Å². The van der Waals surface area contributed by atoms with Crippen LogP contribution in [0.3, 0.4) is 0 Å². The van der Waals surface area contributed by atoms with Crippen LogP contribution in [-0.4, -0.2) is 25.0 Å². The quantitative estimate of drug-likeness (QED) is 0.704. The van der Waals surface area contributed by atoms with Crippen molar-refractivity contribution in [3.05, 3.63) is 0 Å². The molecule has 0 aromatic heterocycles. The highest BCUT2D eigenvalue weighted by atomic mass is 16.1. The summed E-state index contributed by atoms with van der Waals surface area (Å²) in [6.45, 7) is 4.11. The van der Waals surface area contributed by atoms with Crippen molar-refractivity contribution in [1.29, 1.82) is 0 Å². The van der Waals surface area contributed by atoms with Crippen LogP contribution in [0.1, 0.15) is 32.6 Å². The van der Waals surface area contributed by atoms with E-state index in [1.807, 2.05) is 0 Å². The number of hydrogen-bond donors (Lipinski definition) is 2. The summed E-state index contributed by atoms with van der Waals surface area (Å²) < 4.78 is 0. The summed E-state index contributed by atoms with van der Waals surface area (Å²) in [6, 6.07) is 0.373. The van der Waals surface area contributed by atoms with Crippen molar-refractivity contribution in [3.8, 4) is 0 Å². The van der Waals surface area contributed by atoms with Gasteiger partial charge in [-0.05, 0) is 38.1 Å². The Bertz CT molecular complexity index is 207. The van der Waals surface area contributed by atoms with Crippen molar-refractivity contribution in [2.75, 3.05) is 13.1 Å². The molecular formula is C11H20N2O. The summed E-state index contributed by atoms with van der Waals surface area (Å²) >= 11 is 0. The Hall–Kier alpha value is -0.570. The van der Waals surface area contributed by atoms with Crippen LogP contribution in [0.5, 0.6) is 0 Å². The van der Waals surface area contributed by atoms with Gasteiger partial charge in [0, 0.05) is 18.5 Å². The van der Waals surface area contributed by atoms with Gasteiger partial charge in [-0.25, -0.2) is 0 Å². The molecule has 2 aliphatic rings. The molecule has 80 valence electrons. The van der Waals surface area contributed by atoms with Crippen LogP contribution >= 0.6 is 0 Å². The average molecular weight is 196 g/mol. The largest absolute Gasteiger partial charge is 0.352 e. The van der Waals surface area contributed by atoms with Crippen molar-refractivity contribution in [2.45, 2.75) is 38.6 Å². The Kier molecular flexibility index (Phi) is 3.06. The zero-order valence-electron chi connectivity index (χ0n) is 8.88. The maximum atomic E-state index is 11.8. The average Bonchev–Trinajstić information content (AvgIpc) is 3.01. The fourth-order valence-corrected chi connectivity index (χ4v) is 2.12. The van der Waals surface area contributed by atoms with E-state index in [0.29, 0.717) is 12.0 Å². The molecule has 14 heavy (non-hydrogen) atoms. The molecule has 2 rings (SSSR count). The summed E-state index contributed by atoms with van der Waals surface area (Å²) in [6.07, 6.45) is 4.81. The number of amides is 1. The van der Waals surface area contributed by atoms with Gasteiger partial charge < -0.3 is 10.6 Å². The lowest BCUT2D eigenvalue weighted by Crippen LogP contribution is -2.47. The predicted molar refractivity (Wildman–Crippen MR) is 55.9 cm³/mol. The van der Waals surface area contributed by atoms with E-state index in [1.54, 1.807) is 0 Å². The topological polar surface area (TPSA) is 41.1 Å². The Morgan fingerprint density at radius 2 is 2.21 bits per heavy atom. The molecule has 0 bridgehead atoms. The second-order valence-corrected chi connectivity index (χ2v) is 4.68. The van der Waals surface area contributed by atoms with Gasteiger partial charge in [0.1, 0.15) is 0 Å². The van der Waals surface area contributed by atoms with E-state index in [2.05, 4.69) is 17.6 Å². The van der Waals surface area contributed by atoms with Crippen molar-refractivity contribution in [2.24, 2.45) is 11.8 Å². The van der Waals surface area contributed by atoms with Gasteiger partial charge in [0.05, 0.1) is 0 Å². The monoisotopic (exact) mass is 196 g/mol. The normalized spacial score (nSPS) is 29.6. The second-order valence-electron chi connectivity index (χ2n) is 4.68. The molecule has 0 radical (unpaired) electrons. The minimum Gasteiger partial charge on any atom is -0.352 e. The number of carbonyl (C=O) groups is 1. The number of hydrogen-bond acceptors (Lipinski definition) is 2. The van der Waals surface area contributed by atoms with Gasteiger partial charge in [-0.1, -0.05) is 6.92 Å². The van der Waals surface area contributed by atoms with Gasteiger partial charge in [0.25, 0.3) is 0 Å². The first-order chi connectivity index (χ1) is 6.77. The summed E-state index contributed by atoms with van der Waals surface area (Å²) in [5.41, 5.74) is 0. The summed E-state index contributed by atoms with van der Waals surface area (Å²) in [4.78, 5) is 11.8. The van der Waals surface area contributed by atoms with Crippen LogP contribution in [0.25, 0.3) is 0 Å². The summed E-state index contributed by atoms with van der Waals surface area (Å²) in [7, 11) is 0. The smallest absolute Gasteiger partial charge is 0.223 e. The molecule has 1 amide bonds. The molecule has 0 spiro atoms. The van der Waals surface area contributed by atoms with E-state index < -0.39 is 0 Å². The van der Waals surface area contributed by atoms with Crippen molar-refractivity contribution in [3.63, 3.8) is 0 Å². The molecule has 1 heterocycles. The highest BCUT2D eigenvalue weighted by molar-refractivity contribution is 5.79. The third-order valence-electron chi connectivity index (χ3n) is 3.39. The fourth-order valence-electron chi connectivity index (χ4n) is 2.12. The van der Waals surface area contributed by atoms with Gasteiger partial charge in [-0.3, -0.25) is 4.79 Å². The molecule has 1 saturated carbocycles. The van der Waals surface area contributed by atoms with E-state index in [0.717, 1.165) is 19.5 Å². The SMILES string of the molecule is CC(C(=O)NC1CCCNC1)C1CC1. The van der Waals surface area contributed by atoms with Crippen LogP contribution < -0.4 is 10.6 Å². The minimum atomic E-state index is 0.233. The minimum absolute atomic E-state index is 0.233. The van der Waals surface area contributed by atoms with Crippen molar-refractivity contribution in [1.82, 2.24) is 10.6 Å². The Morgan fingerprint density at radius 1 is 1.43 bits per heavy atom. The Morgan fingerprint density at radius 3 is 2.79 bits per heavy atom. The first kappa shape index (κ1) is 9.97. The van der Waals surface area contributed by atoms with E-state index in [-0.39, 0.29) is 11.8 Å². The summed E-state index contributed by atoms with van der Waals surface area (Å²) in [5, 5.41) is 6.45. The lowest BCUT2D eigenvalue weighted by atomic mass is 10.0. The maximum absolute atomic E-state index is 11.8. The number of piperidine rings is 1. The molecule has 0 aromatic carbocycles. The van der Waals surface area contributed by atoms with E-state index in [9.17, 15) is 4.79 Å². The molecule has 1 aliphatic heterocycles. The van der Waals surface area contributed by atoms with Gasteiger partial charge in [0.2, 0.25) is 5.91 Å². The first-order valence-electron chi connectivity index (χ1n) is 5.78. The molecule has 0 aromatic rings. The van der Waals surface area contributed by atoms with Gasteiger partial charge in [0.15, 0.2) is 0 Å². The second kappa shape index (κ2) is 4.30. The van der Waals surface area contributed by atoms with Crippen LogP contribution in [0.2, 0.25) is 0 Å². The van der Waals surface area contributed by atoms with Crippen LogP contribution in [0, 0.1) is 11.8 Å². The van der Waals surface area contributed by atoms with E-state index >= 15 is 0 Å². The Balaban J connectivity index is 1.74. The molecule has 2 unspecified atom stereocenters. The van der Waals surface area contributed by atoms with Gasteiger partial charge >= 0.3 is 0 Å². The third kappa shape index (κ3) is 2.47. The maximum Gasteiger partial charge on any atom is 0.223 e. The molecule has 2 atom stereocenters. The van der Waals surface area contributed by atoms with E-state index in [1.165, 1.54) is 19.3 Å². The fraction of sp³-hybridized carbons (Fsp3) is 0.909. The molecule has 2 N–H and O–H groups in total. The molecule has 3 nitrogen and oxygen atoms in total. The molecule has 1 aliphatic carbocycles.